The summed E-state index contributed by atoms with van der Waals surface area (Å²) < 4.78 is 12.0. The number of unbranched alkanes of at least 4 members (excludes halogenated alkanes) is 2. The Morgan fingerprint density at radius 3 is 2.63 bits per heavy atom. The molecule has 1 aliphatic heterocycles. The van der Waals surface area contributed by atoms with Crippen molar-refractivity contribution in [3.05, 3.63) is 78.4 Å². The summed E-state index contributed by atoms with van der Waals surface area (Å²) in [5, 5.41) is 0. The second kappa shape index (κ2) is 15.0. The number of hydrogen-bond donors (Lipinski definition) is 0. The van der Waals surface area contributed by atoms with Crippen LogP contribution in [0, 0.1) is 11.8 Å². The highest BCUT2D eigenvalue weighted by Crippen LogP contribution is 2.51. The average Bonchev–Trinajstić information content (AvgIpc) is 2.99. The van der Waals surface area contributed by atoms with Crippen molar-refractivity contribution in [2.75, 3.05) is 40.4 Å². The zero-order chi connectivity index (χ0) is 29.2. The van der Waals surface area contributed by atoms with Crippen molar-refractivity contribution in [2.24, 2.45) is 11.8 Å². The number of carbonyl (C=O) groups is 1. The molecule has 1 saturated carbocycles. The second-order valence-electron chi connectivity index (χ2n) is 12.6. The smallest absolute Gasteiger partial charge is 0.222 e. The summed E-state index contributed by atoms with van der Waals surface area (Å²) in [6.45, 7) is 12.1. The molecule has 1 saturated heterocycles. The predicted molar refractivity (Wildman–Crippen MR) is 168 cm³/mol. The van der Waals surface area contributed by atoms with Crippen LogP contribution in [0.5, 0.6) is 5.75 Å². The number of ether oxygens (including phenoxy) is 2. The van der Waals surface area contributed by atoms with Crippen LogP contribution < -0.4 is 4.74 Å². The van der Waals surface area contributed by atoms with Crippen molar-refractivity contribution in [3.63, 3.8) is 0 Å². The third kappa shape index (κ3) is 7.81. The van der Waals surface area contributed by atoms with Gasteiger partial charge in [-0.1, -0.05) is 68.8 Å². The number of nitrogens with zero attached hydrogens (tertiary/aromatic N) is 2. The number of carbonyl (C=O) groups excluding carboxylic acids is 1. The summed E-state index contributed by atoms with van der Waals surface area (Å²) >= 11 is 0. The van der Waals surface area contributed by atoms with E-state index in [1.165, 1.54) is 11.1 Å². The van der Waals surface area contributed by atoms with Crippen LogP contribution in [0.25, 0.3) is 0 Å². The largest absolute Gasteiger partial charge is 0.497 e. The highest BCUT2D eigenvalue weighted by Gasteiger charge is 2.53. The molecule has 0 bridgehead atoms. The third-order valence-electron chi connectivity index (χ3n) is 9.45. The quantitative estimate of drug-likeness (QED) is 0.186. The molecule has 0 N–H and O–H groups in total. The van der Waals surface area contributed by atoms with Gasteiger partial charge in [-0.3, -0.25) is 9.69 Å². The van der Waals surface area contributed by atoms with Crippen LogP contribution in [0.1, 0.15) is 69.9 Å². The van der Waals surface area contributed by atoms with Crippen molar-refractivity contribution >= 4 is 5.91 Å². The second-order valence-corrected chi connectivity index (χ2v) is 12.6. The summed E-state index contributed by atoms with van der Waals surface area (Å²) in [7, 11) is 3.60. The minimum absolute atomic E-state index is 0.0685. The average molecular weight is 561 g/mol. The van der Waals surface area contributed by atoms with Crippen LogP contribution in [-0.2, 0) is 21.4 Å². The number of methoxy groups -OCH3 is 2. The molecule has 2 fully saturated rings. The van der Waals surface area contributed by atoms with Crippen molar-refractivity contribution in [1.82, 2.24) is 9.80 Å². The van der Waals surface area contributed by atoms with Crippen LogP contribution in [0.15, 0.2) is 67.3 Å². The fraction of sp³-hybridized carbons (Fsp3) is 0.583. The van der Waals surface area contributed by atoms with Gasteiger partial charge in [0.05, 0.1) is 13.2 Å². The molecule has 5 nitrogen and oxygen atoms in total. The first kappa shape index (κ1) is 31.3. The summed E-state index contributed by atoms with van der Waals surface area (Å²) in [6, 6.07) is 19.5. The van der Waals surface area contributed by atoms with Gasteiger partial charge in [-0.25, -0.2) is 0 Å². The minimum atomic E-state index is -0.0685. The number of hydrogen-bond acceptors (Lipinski definition) is 4. The maximum absolute atomic E-state index is 13.9. The van der Waals surface area contributed by atoms with Gasteiger partial charge < -0.3 is 14.4 Å². The van der Waals surface area contributed by atoms with Gasteiger partial charge >= 0.3 is 0 Å². The standard InChI is InChI=1S/C36H52N2O3/c1-6-21-37-22-20-36(30-17-13-18-32(23-30)40-4)25-31(24-34(41-5)33(36)27-37)38(26-28(2)3)35(39)19-12-8-11-16-29-14-9-7-10-15-29/h6-7,9-10,13-15,17-18,23,28,31,33-34H,1,8,11-12,16,19-22,24-27H2,2-5H3/t31-,33+,34?,36+/m1/s1. The minimum Gasteiger partial charge on any atom is -0.497 e. The van der Waals surface area contributed by atoms with E-state index in [1.54, 1.807) is 7.11 Å². The highest BCUT2D eigenvalue weighted by atomic mass is 16.5. The monoisotopic (exact) mass is 560 g/mol. The van der Waals surface area contributed by atoms with Crippen LogP contribution in [0.3, 0.4) is 0 Å². The lowest BCUT2D eigenvalue weighted by atomic mass is 9.56. The van der Waals surface area contributed by atoms with E-state index in [4.69, 9.17) is 9.47 Å². The molecular weight excluding hydrogens is 508 g/mol. The van der Waals surface area contributed by atoms with Gasteiger partial charge in [0.15, 0.2) is 0 Å². The molecule has 4 atom stereocenters. The first-order valence-corrected chi connectivity index (χ1v) is 15.7. The van der Waals surface area contributed by atoms with E-state index in [1.807, 2.05) is 19.3 Å². The Balaban J connectivity index is 1.54. The SMILES string of the molecule is C=CCN1CC[C@@]2(c3cccc(OC)c3)C[C@H](N(CC(C)C)C(=O)CCCCCc3ccccc3)CC(OC)[C@@H]2C1. The fourth-order valence-corrected chi connectivity index (χ4v) is 7.42. The van der Waals surface area contributed by atoms with Gasteiger partial charge in [-0.2, -0.15) is 0 Å². The Morgan fingerprint density at radius 1 is 1.12 bits per heavy atom. The Hall–Kier alpha value is -2.63. The number of rotatable bonds is 14. The number of amides is 1. The highest BCUT2D eigenvalue weighted by molar-refractivity contribution is 5.76. The summed E-state index contributed by atoms with van der Waals surface area (Å²) in [6.07, 6.45) is 9.85. The van der Waals surface area contributed by atoms with E-state index in [0.29, 0.717) is 24.2 Å². The predicted octanol–water partition coefficient (Wildman–Crippen LogP) is 6.91. The molecule has 0 radical (unpaired) electrons. The molecule has 2 aliphatic rings. The summed E-state index contributed by atoms with van der Waals surface area (Å²) in [5.74, 6) is 1.96. The number of aryl methyl sites for hydroxylation is 1. The molecule has 224 valence electrons. The molecule has 4 rings (SSSR count). The van der Waals surface area contributed by atoms with Gasteiger partial charge in [0.25, 0.3) is 0 Å². The first-order valence-electron chi connectivity index (χ1n) is 15.7. The third-order valence-corrected chi connectivity index (χ3v) is 9.45. The van der Waals surface area contributed by atoms with E-state index >= 15 is 0 Å². The maximum Gasteiger partial charge on any atom is 0.222 e. The normalized spacial score (nSPS) is 24.6. The fourth-order valence-electron chi connectivity index (χ4n) is 7.42. The van der Waals surface area contributed by atoms with Crippen LogP contribution in [0.4, 0.5) is 0 Å². The topological polar surface area (TPSA) is 42.0 Å². The number of likely N-dealkylation sites (tertiary alicyclic amines) is 1. The van der Waals surface area contributed by atoms with E-state index < -0.39 is 0 Å². The first-order chi connectivity index (χ1) is 19.9. The summed E-state index contributed by atoms with van der Waals surface area (Å²) in [5.41, 5.74) is 2.63. The lowest BCUT2D eigenvalue weighted by Crippen LogP contribution is -2.62. The molecule has 1 amide bonds. The Morgan fingerprint density at radius 2 is 1.93 bits per heavy atom. The van der Waals surface area contributed by atoms with E-state index in [0.717, 1.165) is 76.9 Å². The zero-order valence-electron chi connectivity index (χ0n) is 25.9. The van der Waals surface area contributed by atoms with Crippen LogP contribution >= 0.6 is 0 Å². The Kier molecular flexibility index (Phi) is 11.5. The lowest BCUT2D eigenvalue weighted by Gasteiger charge is -2.57. The number of piperidine rings is 1. The Bertz CT molecular complexity index is 1100. The van der Waals surface area contributed by atoms with Gasteiger partial charge in [-0.05, 0) is 74.2 Å². The van der Waals surface area contributed by atoms with Gasteiger partial charge in [-0.15, -0.1) is 6.58 Å². The van der Waals surface area contributed by atoms with Gasteiger partial charge in [0.1, 0.15) is 5.75 Å². The van der Waals surface area contributed by atoms with Crippen LogP contribution in [0.2, 0.25) is 0 Å². The Labute approximate surface area is 248 Å². The molecule has 5 heteroatoms. The molecule has 2 aromatic carbocycles. The van der Waals surface area contributed by atoms with Crippen molar-refractivity contribution in [1.29, 1.82) is 0 Å². The maximum atomic E-state index is 13.9. The molecule has 1 unspecified atom stereocenters. The zero-order valence-corrected chi connectivity index (χ0v) is 25.9. The molecule has 1 heterocycles. The number of benzene rings is 2. The molecular formula is C36H52N2O3. The van der Waals surface area contributed by atoms with E-state index in [-0.39, 0.29) is 17.6 Å². The van der Waals surface area contributed by atoms with E-state index in [9.17, 15) is 4.79 Å². The molecule has 0 spiro atoms. The van der Waals surface area contributed by atoms with Crippen molar-refractivity contribution in [2.45, 2.75) is 82.8 Å². The number of fused-ring (bicyclic) bond motifs is 1. The van der Waals surface area contributed by atoms with Crippen LogP contribution in [-0.4, -0.2) is 68.3 Å². The molecule has 41 heavy (non-hydrogen) atoms. The molecule has 1 aliphatic carbocycles. The van der Waals surface area contributed by atoms with E-state index in [2.05, 4.69) is 78.8 Å². The van der Waals surface area contributed by atoms with Crippen molar-refractivity contribution in [3.8, 4) is 5.75 Å². The summed E-state index contributed by atoms with van der Waals surface area (Å²) in [4.78, 5) is 18.6. The molecule has 0 aromatic heterocycles. The van der Waals surface area contributed by atoms with Crippen molar-refractivity contribution < 1.29 is 14.3 Å². The lowest BCUT2D eigenvalue weighted by molar-refractivity contribution is -0.140. The van der Waals surface area contributed by atoms with Gasteiger partial charge in [0, 0.05) is 50.5 Å². The van der Waals surface area contributed by atoms with Gasteiger partial charge in [0.2, 0.25) is 5.91 Å². The molecule has 2 aromatic rings.